The highest BCUT2D eigenvalue weighted by Crippen LogP contribution is 2.06. The van der Waals surface area contributed by atoms with Crippen LogP contribution in [0.5, 0.6) is 0 Å². The topological polar surface area (TPSA) is 89.5 Å². The van der Waals surface area contributed by atoms with Gasteiger partial charge in [0.25, 0.3) is 0 Å². The fourth-order valence-electron chi connectivity index (χ4n) is 1.68. The molecule has 0 aliphatic heterocycles. The fraction of sp³-hybridized carbons (Fsp3) is 0.889. The molecule has 0 unspecified atom stereocenters. The molecular weight excluding hydrogens is 344 g/mol. The van der Waals surface area contributed by atoms with Crippen LogP contribution in [0.2, 0.25) is 0 Å². The van der Waals surface area contributed by atoms with Crippen molar-refractivity contribution in [1.82, 2.24) is 0 Å². The summed E-state index contributed by atoms with van der Waals surface area (Å²) in [5.41, 5.74) is -0.502. The fourth-order valence-corrected chi connectivity index (χ4v) is 1.68. The van der Waals surface area contributed by atoms with Gasteiger partial charge in [0.2, 0.25) is 0 Å². The van der Waals surface area contributed by atoms with Crippen molar-refractivity contribution in [3.63, 3.8) is 0 Å². The van der Waals surface area contributed by atoms with E-state index < -0.39 is 5.60 Å². The van der Waals surface area contributed by atoms with E-state index in [2.05, 4.69) is 0 Å². The molecule has 26 heavy (non-hydrogen) atoms. The van der Waals surface area contributed by atoms with Crippen LogP contribution in [0.25, 0.3) is 0 Å². The Morgan fingerprint density at radius 2 is 1.15 bits per heavy atom. The lowest BCUT2D eigenvalue weighted by atomic mass is 10.2. The summed E-state index contributed by atoms with van der Waals surface area (Å²) in [6.07, 6.45) is 1.22. The number of hydrogen-bond acceptors (Lipinski definition) is 8. The number of carbonyl (C=O) groups is 2. The van der Waals surface area contributed by atoms with Crippen molar-refractivity contribution in [2.24, 2.45) is 0 Å². The zero-order valence-corrected chi connectivity index (χ0v) is 16.5. The van der Waals surface area contributed by atoms with E-state index in [-0.39, 0.29) is 25.2 Å². The molecule has 0 saturated heterocycles. The van der Waals surface area contributed by atoms with E-state index >= 15 is 0 Å². The van der Waals surface area contributed by atoms with E-state index in [9.17, 15) is 9.59 Å². The standard InChI is InChI=1S/C18H34O8/c1-5-6-16(19)25-14-13-23-10-9-21-7-8-22-11-12-24-15-17(20)26-18(2,3)4/h5-15H2,1-4H3. The molecular formula is C18H34O8. The molecule has 8 heteroatoms. The van der Waals surface area contributed by atoms with Gasteiger partial charge in [-0.1, -0.05) is 6.92 Å². The molecule has 0 rings (SSSR count). The van der Waals surface area contributed by atoms with Gasteiger partial charge in [-0.2, -0.15) is 0 Å². The van der Waals surface area contributed by atoms with Crippen LogP contribution in [0.4, 0.5) is 0 Å². The zero-order chi connectivity index (χ0) is 19.7. The first-order chi connectivity index (χ1) is 12.3. The van der Waals surface area contributed by atoms with Gasteiger partial charge in [-0.25, -0.2) is 4.79 Å². The molecule has 0 saturated carbocycles. The van der Waals surface area contributed by atoms with Crippen molar-refractivity contribution < 1.29 is 38.0 Å². The van der Waals surface area contributed by atoms with Gasteiger partial charge in [-0.3, -0.25) is 4.79 Å². The molecule has 0 aromatic rings. The molecule has 0 aliphatic carbocycles. The van der Waals surface area contributed by atoms with Gasteiger partial charge in [-0.15, -0.1) is 0 Å². The summed E-state index contributed by atoms with van der Waals surface area (Å²) in [7, 11) is 0. The molecule has 8 nitrogen and oxygen atoms in total. The highest BCUT2D eigenvalue weighted by atomic mass is 16.6. The van der Waals surface area contributed by atoms with Crippen LogP contribution in [-0.2, 0) is 38.0 Å². The Hall–Kier alpha value is -1.22. The molecule has 0 N–H and O–H groups in total. The number of hydrogen-bond donors (Lipinski definition) is 0. The molecule has 0 atom stereocenters. The van der Waals surface area contributed by atoms with Crippen molar-refractivity contribution in [1.29, 1.82) is 0 Å². The van der Waals surface area contributed by atoms with Crippen LogP contribution < -0.4 is 0 Å². The summed E-state index contributed by atoms with van der Waals surface area (Å²) in [6.45, 7) is 10.4. The molecule has 0 bridgehead atoms. The summed E-state index contributed by atoms with van der Waals surface area (Å²) in [5, 5.41) is 0. The first-order valence-corrected chi connectivity index (χ1v) is 9.03. The zero-order valence-electron chi connectivity index (χ0n) is 16.5. The highest BCUT2D eigenvalue weighted by Gasteiger charge is 2.15. The molecule has 0 amide bonds. The van der Waals surface area contributed by atoms with Crippen molar-refractivity contribution in [3.05, 3.63) is 0 Å². The summed E-state index contributed by atoms with van der Waals surface area (Å²) in [5.74, 6) is -0.583. The van der Waals surface area contributed by atoms with E-state index in [0.29, 0.717) is 52.7 Å². The number of rotatable bonds is 16. The van der Waals surface area contributed by atoms with Gasteiger partial charge in [0.1, 0.15) is 18.8 Å². The lowest BCUT2D eigenvalue weighted by molar-refractivity contribution is -0.160. The second-order valence-electron chi connectivity index (χ2n) is 6.45. The monoisotopic (exact) mass is 378 g/mol. The molecule has 154 valence electrons. The molecule has 0 aliphatic rings. The Morgan fingerprint density at radius 3 is 1.62 bits per heavy atom. The van der Waals surface area contributed by atoms with Crippen LogP contribution in [0, 0.1) is 0 Å². The molecule has 0 aromatic heterocycles. The molecule has 0 aromatic carbocycles. The van der Waals surface area contributed by atoms with Crippen molar-refractivity contribution in [2.45, 2.75) is 46.1 Å². The molecule has 0 fully saturated rings. The smallest absolute Gasteiger partial charge is 0.332 e. The highest BCUT2D eigenvalue weighted by molar-refractivity contribution is 5.71. The SMILES string of the molecule is CCCC(=O)OCCOCCOCCOCCOCC(=O)OC(C)(C)C. The lowest BCUT2D eigenvalue weighted by Gasteiger charge is -2.19. The predicted molar refractivity (Wildman–Crippen MR) is 95.0 cm³/mol. The third-order valence-electron chi connectivity index (χ3n) is 2.70. The molecule has 0 spiro atoms. The van der Waals surface area contributed by atoms with E-state index in [1.807, 2.05) is 6.92 Å². The van der Waals surface area contributed by atoms with Gasteiger partial charge in [0.05, 0.1) is 46.2 Å². The van der Waals surface area contributed by atoms with Gasteiger partial charge in [-0.05, 0) is 27.2 Å². The summed E-state index contributed by atoms with van der Waals surface area (Å²) in [6, 6.07) is 0. The van der Waals surface area contributed by atoms with Gasteiger partial charge in [0, 0.05) is 6.42 Å². The minimum atomic E-state index is -0.502. The number of esters is 2. The molecule has 0 radical (unpaired) electrons. The van der Waals surface area contributed by atoms with Crippen molar-refractivity contribution in [3.8, 4) is 0 Å². The Kier molecular flexibility index (Phi) is 15.2. The summed E-state index contributed by atoms with van der Waals surface area (Å²) >= 11 is 0. The van der Waals surface area contributed by atoms with E-state index in [0.717, 1.165) is 6.42 Å². The normalized spacial score (nSPS) is 11.4. The average Bonchev–Trinajstić information content (AvgIpc) is 2.53. The third-order valence-corrected chi connectivity index (χ3v) is 2.70. The molecule has 0 heterocycles. The minimum absolute atomic E-state index is 0.0811. The Labute approximate surface area is 156 Å². The quantitative estimate of drug-likeness (QED) is 0.296. The van der Waals surface area contributed by atoms with E-state index in [1.54, 1.807) is 20.8 Å². The Morgan fingerprint density at radius 1 is 0.692 bits per heavy atom. The summed E-state index contributed by atoms with van der Waals surface area (Å²) < 4.78 is 31.1. The second-order valence-corrected chi connectivity index (χ2v) is 6.45. The second kappa shape index (κ2) is 16.0. The van der Waals surface area contributed by atoms with Crippen LogP contribution in [0.3, 0.4) is 0 Å². The van der Waals surface area contributed by atoms with Gasteiger partial charge in [0.15, 0.2) is 0 Å². The van der Waals surface area contributed by atoms with Crippen LogP contribution in [0.1, 0.15) is 40.5 Å². The van der Waals surface area contributed by atoms with Gasteiger partial charge < -0.3 is 28.4 Å². The third kappa shape index (κ3) is 19.1. The first-order valence-electron chi connectivity index (χ1n) is 9.03. The average molecular weight is 378 g/mol. The number of ether oxygens (including phenoxy) is 6. The maximum Gasteiger partial charge on any atom is 0.332 e. The number of carbonyl (C=O) groups excluding carboxylic acids is 2. The van der Waals surface area contributed by atoms with Crippen molar-refractivity contribution >= 4 is 11.9 Å². The van der Waals surface area contributed by atoms with Crippen LogP contribution >= 0.6 is 0 Å². The Bertz CT molecular complexity index is 365. The van der Waals surface area contributed by atoms with Gasteiger partial charge >= 0.3 is 11.9 Å². The maximum atomic E-state index is 11.4. The first kappa shape index (κ1) is 24.8. The van der Waals surface area contributed by atoms with Crippen LogP contribution in [0.15, 0.2) is 0 Å². The van der Waals surface area contributed by atoms with E-state index in [1.165, 1.54) is 0 Å². The maximum absolute atomic E-state index is 11.4. The minimum Gasteiger partial charge on any atom is -0.463 e. The largest absolute Gasteiger partial charge is 0.463 e. The van der Waals surface area contributed by atoms with Crippen molar-refractivity contribution in [2.75, 3.05) is 59.5 Å². The lowest BCUT2D eigenvalue weighted by Crippen LogP contribution is -2.27. The van der Waals surface area contributed by atoms with E-state index in [4.69, 9.17) is 28.4 Å². The predicted octanol–water partition coefficient (Wildman–Crippen LogP) is 1.74. The Balaban J connectivity index is 3.20. The van der Waals surface area contributed by atoms with Crippen LogP contribution in [-0.4, -0.2) is 77.0 Å². The summed E-state index contributed by atoms with van der Waals surface area (Å²) in [4.78, 5) is 22.5.